The topological polar surface area (TPSA) is 104 Å². The summed E-state index contributed by atoms with van der Waals surface area (Å²) in [6, 6.07) is -0.713. The maximum absolute atomic E-state index is 10.0. The molecule has 0 aliphatic carbocycles. The summed E-state index contributed by atoms with van der Waals surface area (Å²) in [6.07, 6.45) is 0. The van der Waals surface area contributed by atoms with Crippen molar-refractivity contribution < 1.29 is 14.1 Å². The summed E-state index contributed by atoms with van der Waals surface area (Å²) in [6.45, 7) is 3.55. The molecule has 66 valence electrons. The maximum Gasteiger partial charge on any atom is 0.320 e. The molecule has 0 aliphatic rings. The summed E-state index contributed by atoms with van der Waals surface area (Å²) in [4.78, 5) is 10.0. The molecule has 0 heterocycles. The second-order valence-corrected chi connectivity index (χ2v) is 2.36. The Balaban J connectivity index is 0. The normalized spacial score (nSPS) is 11.3. The molecule has 1 atom stereocenters. The number of nitrogens with one attached hydrogen (secondary N) is 1. The zero-order chi connectivity index (χ0) is 9.44. The van der Waals surface area contributed by atoms with Gasteiger partial charge in [-0.3, -0.25) is 4.79 Å². The number of carboxylic acids is 1. The Labute approximate surface area is 68.6 Å². The quantitative estimate of drug-likeness (QED) is 0.557. The summed E-state index contributed by atoms with van der Waals surface area (Å²) >= 11 is -0.250. The van der Waals surface area contributed by atoms with E-state index in [0.29, 0.717) is 0 Å². The minimum Gasteiger partial charge on any atom is -0.480 e. The zero-order valence-electron chi connectivity index (χ0n) is 6.40. The van der Waals surface area contributed by atoms with E-state index >= 15 is 0 Å². The van der Waals surface area contributed by atoms with Crippen LogP contribution in [0.15, 0.2) is 0 Å². The van der Waals surface area contributed by atoms with Crippen molar-refractivity contribution >= 4 is 17.4 Å². The van der Waals surface area contributed by atoms with Gasteiger partial charge in [-0.1, -0.05) is 13.8 Å². The van der Waals surface area contributed by atoms with Crippen LogP contribution in [0.5, 0.6) is 0 Å². The molecule has 0 saturated carbocycles. The molecule has 4 N–H and O–H groups in total. The van der Waals surface area contributed by atoms with Crippen molar-refractivity contribution in [3.8, 4) is 0 Å². The third kappa shape index (κ3) is 9.25. The third-order valence-electron chi connectivity index (χ3n) is 1.00. The lowest BCUT2D eigenvalue weighted by molar-refractivity contribution is -0.139. The average molecular weight is 180 g/mol. The first-order chi connectivity index (χ1) is 4.97. The monoisotopic (exact) mass is 180 g/mol. The molecule has 0 fully saturated rings. The number of aliphatic carboxylic acids is 1. The molecule has 0 saturated heterocycles. The summed E-state index contributed by atoms with van der Waals surface area (Å²) < 4.78 is 14.1. The van der Waals surface area contributed by atoms with Gasteiger partial charge in [0, 0.05) is 0 Å². The van der Waals surface area contributed by atoms with Crippen molar-refractivity contribution in [1.29, 1.82) is 4.78 Å². The molecule has 0 radical (unpaired) electrons. The van der Waals surface area contributed by atoms with Gasteiger partial charge < -0.3 is 10.8 Å². The largest absolute Gasteiger partial charge is 0.480 e. The number of carboxylic acid groups (broad SMARTS) is 1. The Kier molecular flexibility index (Phi) is 8.62. The Bertz CT molecular complexity index is 154. The van der Waals surface area contributed by atoms with E-state index in [0.717, 1.165) is 0 Å². The van der Waals surface area contributed by atoms with E-state index in [9.17, 15) is 4.79 Å². The predicted octanol–water partition coefficient (Wildman–Crippen LogP) is 0.0161. The second kappa shape index (κ2) is 7.36. The molecule has 6 heteroatoms. The van der Waals surface area contributed by atoms with Gasteiger partial charge in [0.1, 0.15) is 6.04 Å². The molecule has 0 aromatic carbocycles. The summed E-state index contributed by atoms with van der Waals surface area (Å²) in [5.74, 6) is -0.910. The van der Waals surface area contributed by atoms with Gasteiger partial charge in [0.15, 0.2) is 11.5 Å². The minimum atomic E-state index is -0.931. The van der Waals surface area contributed by atoms with Gasteiger partial charge in [-0.25, -0.2) is 4.78 Å². The first-order valence-corrected chi connectivity index (χ1v) is 3.65. The van der Waals surface area contributed by atoms with Gasteiger partial charge >= 0.3 is 5.97 Å². The molecule has 0 rings (SSSR count). The Hall–Kier alpha value is -0.750. The fourth-order valence-corrected chi connectivity index (χ4v) is 0.285. The highest BCUT2D eigenvalue weighted by Crippen LogP contribution is 1.96. The van der Waals surface area contributed by atoms with Crippen LogP contribution in [0.25, 0.3) is 0 Å². The molecule has 1 unspecified atom stereocenters. The average Bonchev–Trinajstić information content (AvgIpc) is 1.87. The van der Waals surface area contributed by atoms with Crippen LogP contribution in [0.2, 0.25) is 0 Å². The number of carbonyl (C=O) groups is 1. The standard InChI is InChI=1S/C5H11NO2.HNOS/c1-3(2)4(6)5(7)8;1-3-2/h3-4H,6H2,1-2H3,(H,7,8);1H. The highest BCUT2D eigenvalue weighted by atomic mass is 32.1. The van der Waals surface area contributed by atoms with Gasteiger partial charge in [-0.05, 0) is 5.92 Å². The van der Waals surface area contributed by atoms with Crippen LogP contribution in [0.1, 0.15) is 13.8 Å². The molecule has 0 aromatic rings. The Morgan fingerprint density at radius 2 is 1.91 bits per heavy atom. The number of hydrogen-bond donors (Lipinski definition) is 3. The van der Waals surface area contributed by atoms with E-state index in [1.807, 2.05) is 0 Å². The minimum absolute atomic E-state index is 0.0208. The van der Waals surface area contributed by atoms with Crippen molar-refractivity contribution in [2.45, 2.75) is 19.9 Å². The van der Waals surface area contributed by atoms with E-state index in [4.69, 9.17) is 19.8 Å². The lowest BCUT2D eigenvalue weighted by Crippen LogP contribution is -2.34. The fraction of sp³-hybridized carbons (Fsp3) is 0.800. The maximum atomic E-state index is 10.0. The van der Waals surface area contributed by atoms with Crippen molar-refractivity contribution in [2.75, 3.05) is 0 Å². The van der Waals surface area contributed by atoms with E-state index in [1.165, 1.54) is 0 Å². The lowest BCUT2D eigenvalue weighted by atomic mass is 10.1. The van der Waals surface area contributed by atoms with Crippen molar-refractivity contribution in [1.82, 2.24) is 0 Å². The smallest absolute Gasteiger partial charge is 0.320 e. The molecule has 0 spiro atoms. The predicted molar refractivity (Wildman–Crippen MR) is 41.3 cm³/mol. The lowest BCUT2D eigenvalue weighted by Gasteiger charge is -2.07. The summed E-state index contributed by atoms with van der Waals surface area (Å²) in [5, 5.41) is 8.23. The first kappa shape index (κ1) is 12.9. The molecule has 0 bridgehead atoms. The van der Waals surface area contributed by atoms with Crippen LogP contribution >= 0.6 is 0 Å². The van der Waals surface area contributed by atoms with E-state index in [2.05, 4.69) is 0 Å². The van der Waals surface area contributed by atoms with Gasteiger partial charge in [0.05, 0.1) is 0 Å². The third-order valence-corrected chi connectivity index (χ3v) is 1.00. The van der Waals surface area contributed by atoms with Crippen molar-refractivity contribution in [3.63, 3.8) is 0 Å². The van der Waals surface area contributed by atoms with Crippen LogP contribution in [-0.2, 0) is 16.3 Å². The van der Waals surface area contributed by atoms with Gasteiger partial charge in [0.2, 0.25) is 0 Å². The first-order valence-electron chi connectivity index (χ1n) is 2.91. The van der Waals surface area contributed by atoms with Gasteiger partial charge in [-0.15, -0.1) is 0 Å². The summed E-state index contributed by atoms with van der Waals surface area (Å²) in [5.41, 5.74) is 5.16. The molecule has 0 amide bonds. The zero-order valence-corrected chi connectivity index (χ0v) is 7.22. The molecule has 0 aliphatic heterocycles. The highest BCUT2D eigenvalue weighted by Gasteiger charge is 2.14. The van der Waals surface area contributed by atoms with Crippen LogP contribution in [-0.4, -0.2) is 21.3 Å². The highest BCUT2D eigenvalue weighted by molar-refractivity contribution is 7.53. The molecule has 11 heavy (non-hydrogen) atoms. The van der Waals surface area contributed by atoms with Gasteiger partial charge in [0.25, 0.3) is 0 Å². The molecule has 0 aromatic heterocycles. The molecular weight excluding hydrogens is 168 g/mol. The number of nitrogens with two attached hydrogens (primary N) is 1. The van der Waals surface area contributed by atoms with Crippen LogP contribution < -0.4 is 5.73 Å². The molecular formula is C5H12N2O3S. The van der Waals surface area contributed by atoms with Crippen molar-refractivity contribution in [2.24, 2.45) is 11.7 Å². The van der Waals surface area contributed by atoms with Gasteiger partial charge in [-0.2, -0.15) is 4.21 Å². The SMILES string of the molecule is CC(C)C(N)C(=O)O.N=S=O. The number of rotatable bonds is 2. The fourth-order valence-electron chi connectivity index (χ4n) is 0.285. The summed E-state index contributed by atoms with van der Waals surface area (Å²) in [7, 11) is 0. The van der Waals surface area contributed by atoms with E-state index in [1.54, 1.807) is 13.8 Å². The second-order valence-electron chi connectivity index (χ2n) is 2.19. The van der Waals surface area contributed by atoms with Crippen molar-refractivity contribution in [3.05, 3.63) is 0 Å². The van der Waals surface area contributed by atoms with Crippen LogP contribution in [0.4, 0.5) is 0 Å². The number of hydrogen-bond acceptors (Lipinski definition) is 4. The molecule has 5 nitrogen and oxygen atoms in total. The van der Waals surface area contributed by atoms with Crippen LogP contribution in [0.3, 0.4) is 0 Å². The van der Waals surface area contributed by atoms with E-state index in [-0.39, 0.29) is 17.4 Å². The van der Waals surface area contributed by atoms with E-state index < -0.39 is 12.0 Å². The Morgan fingerprint density at radius 3 is 1.91 bits per heavy atom. The Morgan fingerprint density at radius 1 is 1.64 bits per heavy atom. The van der Waals surface area contributed by atoms with Crippen LogP contribution in [0, 0.1) is 10.7 Å².